The number of hydrogen-bond donors (Lipinski definition) is 7. The molecule has 0 fully saturated rings. The SMILES string of the molecule is CC(=O)N[C@@H](Cc1ccc(O)cc1)C(=O)N[C@H](Cc1ccccc1)P(=O)(O)C[C@@H](CCCN=C(N)N)C(=O)NCCc1ccc2ccccc2c1. The van der Waals surface area contributed by atoms with E-state index in [1.54, 1.807) is 36.4 Å². The zero-order chi connectivity index (χ0) is 36.8. The molecule has 0 aromatic heterocycles. The maximum absolute atomic E-state index is 14.3. The second-order valence-electron chi connectivity index (χ2n) is 12.6. The van der Waals surface area contributed by atoms with Gasteiger partial charge in [0, 0.05) is 44.9 Å². The molecule has 4 aromatic rings. The van der Waals surface area contributed by atoms with Gasteiger partial charge in [0.1, 0.15) is 17.6 Å². The summed E-state index contributed by atoms with van der Waals surface area (Å²) in [5, 5.41) is 20.2. The number of carbonyl (C=O) groups excluding carboxylic acids is 3. The molecule has 4 aromatic carbocycles. The molecule has 4 atom stereocenters. The average Bonchev–Trinajstić information content (AvgIpc) is 3.10. The summed E-state index contributed by atoms with van der Waals surface area (Å²) in [4.78, 5) is 55.2. The van der Waals surface area contributed by atoms with Crippen molar-refractivity contribution in [3.8, 4) is 5.75 Å². The summed E-state index contributed by atoms with van der Waals surface area (Å²) in [6.45, 7) is 1.83. The minimum absolute atomic E-state index is 0.0106. The van der Waals surface area contributed by atoms with Crippen molar-refractivity contribution in [3.63, 3.8) is 0 Å². The topological polar surface area (TPSA) is 209 Å². The first-order chi connectivity index (χ1) is 24.4. The standard InChI is InChI=1S/C38H47N6O6P/c1-26(45)43-34(23-28-14-17-33(46)18-15-28)37(48)44-35(24-27-8-3-2-4-9-27)51(49,50)25-32(12-7-20-42-38(39)40)36(47)41-21-19-29-13-16-30-10-5-6-11-31(30)22-29/h2-6,8-11,13-18,22,32,34-35,46H,7,12,19-21,23-25H2,1H3,(H,41,47)(H,43,45)(H,44,48)(H,49,50)(H4,39,40,42)/t32-,34+,35+/m1/s1. The predicted molar refractivity (Wildman–Crippen MR) is 200 cm³/mol. The Kier molecular flexibility index (Phi) is 14.2. The van der Waals surface area contributed by atoms with Crippen LogP contribution in [0.4, 0.5) is 0 Å². The number of aliphatic imine (C=N–C) groups is 1. The van der Waals surface area contributed by atoms with Crippen molar-refractivity contribution in [3.05, 3.63) is 114 Å². The maximum Gasteiger partial charge on any atom is 0.243 e. The molecule has 13 heteroatoms. The lowest BCUT2D eigenvalue weighted by atomic mass is 10.0. The number of carbonyl (C=O) groups is 3. The molecule has 0 radical (unpaired) electrons. The van der Waals surface area contributed by atoms with Gasteiger partial charge in [-0.05, 0) is 58.9 Å². The van der Waals surface area contributed by atoms with Gasteiger partial charge in [-0.15, -0.1) is 0 Å². The van der Waals surface area contributed by atoms with Gasteiger partial charge >= 0.3 is 0 Å². The van der Waals surface area contributed by atoms with Gasteiger partial charge in [-0.25, -0.2) is 0 Å². The summed E-state index contributed by atoms with van der Waals surface area (Å²) in [6.07, 6.45) is 0.852. The average molecular weight is 715 g/mol. The lowest BCUT2D eigenvalue weighted by molar-refractivity contribution is -0.128. The summed E-state index contributed by atoms with van der Waals surface area (Å²) in [6, 6.07) is 28.2. The molecule has 3 amide bonds. The largest absolute Gasteiger partial charge is 0.508 e. The molecule has 51 heavy (non-hydrogen) atoms. The van der Waals surface area contributed by atoms with E-state index in [2.05, 4.69) is 27.0 Å². The van der Waals surface area contributed by atoms with Gasteiger partial charge in [0.2, 0.25) is 25.1 Å². The molecular formula is C38H47N6O6P. The van der Waals surface area contributed by atoms with Crippen LogP contribution in [0, 0.1) is 5.92 Å². The Bertz CT molecular complexity index is 1850. The zero-order valence-electron chi connectivity index (χ0n) is 28.7. The van der Waals surface area contributed by atoms with Crippen molar-refractivity contribution < 1.29 is 28.9 Å². The van der Waals surface area contributed by atoms with Gasteiger partial charge in [0.05, 0.1) is 0 Å². The minimum Gasteiger partial charge on any atom is -0.508 e. The van der Waals surface area contributed by atoms with Gasteiger partial charge < -0.3 is 37.4 Å². The minimum atomic E-state index is -4.30. The van der Waals surface area contributed by atoms with E-state index in [4.69, 9.17) is 11.5 Å². The summed E-state index contributed by atoms with van der Waals surface area (Å²) in [7, 11) is -4.30. The summed E-state index contributed by atoms with van der Waals surface area (Å²) in [5.74, 6) is -3.69. The Morgan fingerprint density at radius 3 is 2.14 bits per heavy atom. The third-order valence-corrected chi connectivity index (χ3v) is 10.8. The monoisotopic (exact) mass is 714 g/mol. The Hall–Kier alpha value is -5.19. The molecule has 0 saturated carbocycles. The third kappa shape index (κ3) is 12.6. The van der Waals surface area contributed by atoms with Gasteiger partial charge in [-0.1, -0.05) is 84.9 Å². The summed E-state index contributed by atoms with van der Waals surface area (Å²) in [5.41, 5.74) is 13.4. The van der Waals surface area contributed by atoms with E-state index in [0.717, 1.165) is 16.3 Å². The number of rotatable bonds is 18. The first-order valence-corrected chi connectivity index (χ1v) is 18.8. The highest BCUT2D eigenvalue weighted by Gasteiger charge is 2.38. The van der Waals surface area contributed by atoms with Crippen molar-refractivity contribution in [1.29, 1.82) is 0 Å². The molecule has 0 aliphatic carbocycles. The maximum atomic E-state index is 14.3. The van der Waals surface area contributed by atoms with Crippen LogP contribution in [0.2, 0.25) is 0 Å². The van der Waals surface area contributed by atoms with Gasteiger partial charge in [0.15, 0.2) is 5.96 Å². The van der Waals surface area contributed by atoms with Crippen molar-refractivity contribution in [2.45, 2.75) is 50.9 Å². The molecule has 0 bridgehead atoms. The molecule has 9 N–H and O–H groups in total. The zero-order valence-corrected chi connectivity index (χ0v) is 29.6. The van der Waals surface area contributed by atoms with E-state index in [1.807, 2.05) is 42.5 Å². The highest BCUT2D eigenvalue weighted by molar-refractivity contribution is 7.58. The smallest absolute Gasteiger partial charge is 0.243 e. The lowest BCUT2D eigenvalue weighted by Gasteiger charge is -2.29. The number of guanidine groups is 1. The van der Waals surface area contributed by atoms with E-state index < -0.39 is 43.1 Å². The number of benzene rings is 4. The second-order valence-corrected chi connectivity index (χ2v) is 15.1. The van der Waals surface area contributed by atoms with Crippen molar-refractivity contribution in [2.75, 3.05) is 19.3 Å². The molecular weight excluding hydrogens is 667 g/mol. The van der Waals surface area contributed by atoms with Crippen molar-refractivity contribution in [1.82, 2.24) is 16.0 Å². The van der Waals surface area contributed by atoms with E-state index in [1.165, 1.54) is 19.1 Å². The molecule has 0 aliphatic rings. The van der Waals surface area contributed by atoms with Crippen molar-refractivity contribution >= 4 is 41.8 Å². The molecule has 4 rings (SSSR count). The van der Waals surface area contributed by atoms with Gasteiger partial charge in [0.25, 0.3) is 0 Å². The second kappa shape index (κ2) is 18.7. The number of nitrogens with zero attached hydrogens (tertiary/aromatic N) is 1. The Balaban J connectivity index is 1.53. The van der Waals surface area contributed by atoms with E-state index >= 15 is 0 Å². The fourth-order valence-electron chi connectivity index (χ4n) is 5.88. The summed E-state index contributed by atoms with van der Waals surface area (Å²) < 4.78 is 14.3. The van der Waals surface area contributed by atoms with E-state index in [9.17, 15) is 28.9 Å². The molecule has 0 saturated heterocycles. The molecule has 270 valence electrons. The summed E-state index contributed by atoms with van der Waals surface area (Å²) >= 11 is 0. The molecule has 0 heterocycles. The number of aromatic hydroxyl groups is 1. The van der Waals surface area contributed by atoms with Crippen LogP contribution in [0.5, 0.6) is 5.75 Å². The third-order valence-electron chi connectivity index (χ3n) is 8.52. The highest BCUT2D eigenvalue weighted by Crippen LogP contribution is 2.48. The van der Waals surface area contributed by atoms with Crippen LogP contribution >= 0.6 is 7.37 Å². The van der Waals surface area contributed by atoms with E-state index in [0.29, 0.717) is 30.5 Å². The Morgan fingerprint density at radius 1 is 0.804 bits per heavy atom. The number of amides is 3. The predicted octanol–water partition coefficient (Wildman–Crippen LogP) is 3.58. The number of phenols is 1. The van der Waals surface area contributed by atoms with Gasteiger partial charge in [-0.3, -0.25) is 23.9 Å². The van der Waals surface area contributed by atoms with Crippen LogP contribution in [-0.2, 0) is 38.2 Å². The van der Waals surface area contributed by atoms with Crippen LogP contribution in [0.3, 0.4) is 0 Å². The van der Waals surface area contributed by atoms with Crippen LogP contribution in [0.25, 0.3) is 10.8 Å². The fourth-order valence-corrected chi connectivity index (χ4v) is 7.94. The fraction of sp³-hybridized carbons (Fsp3) is 0.316. The Morgan fingerprint density at radius 2 is 1.45 bits per heavy atom. The van der Waals surface area contributed by atoms with Crippen LogP contribution in [0.15, 0.2) is 102 Å². The highest BCUT2D eigenvalue weighted by atomic mass is 31.2. The van der Waals surface area contributed by atoms with Crippen LogP contribution < -0.4 is 27.4 Å². The lowest BCUT2D eigenvalue weighted by Crippen LogP contribution is -2.51. The molecule has 12 nitrogen and oxygen atoms in total. The molecule has 0 spiro atoms. The number of phenolic OH excluding ortho intramolecular Hbond substituents is 1. The molecule has 0 aliphatic heterocycles. The number of fused-ring (bicyclic) bond motifs is 1. The van der Waals surface area contributed by atoms with E-state index in [-0.39, 0.29) is 43.4 Å². The normalized spacial score (nSPS) is 14.0. The van der Waals surface area contributed by atoms with Crippen molar-refractivity contribution in [2.24, 2.45) is 22.4 Å². The molecule has 1 unspecified atom stereocenters. The Labute approximate surface area is 298 Å². The number of hydrogen-bond acceptors (Lipinski definition) is 6. The first kappa shape index (κ1) is 38.6. The van der Waals surface area contributed by atoms with Crippen LogP contribution in [0.1, 0.15) is 36.5 Å². The number of nitrogens with two attached hydrogens (primary N) is 2. The number of nitrogens with one attached hydrogen (secondary N) is 3. The van der Waals surface area contributed by atoms with Gasteiger partial charge in [-0.2, -0.15) is 0 Å². The quantitative estimate of drug-likeness (QED) is 0.0350. The first-order valence-electron chi connectivity index (χ1n) is 16.9. The van der Waals surface area contributed by atoms with Crippen LogP contribution in [-0.4, -0.2) is 64.8 Å².